The molecule has 1 aromatic carbocycles. The SMILES string of the molecule is CC(C)(C)ONCCNCC(=O)OCc1ccccc1. The monoisotopic (exact) mass is 280 g/mol. The van der Waals surface area contributed by atoms with Gasteiger partial charge in [0, 0.05) is 13.1 Å². The van der Waals surface area contributed by atoms with Gasteiger partial charge in [0.05, 0.1) is 12.1 Å². The topological polar surface area (TPSA) is 59.6 Å². The Morgan fingerprint density at radius 1 is 1.15 bits per heavy atom. The Morgan fingerprint density at radius 3 is 2.50 bits per heavy atom. The summed E-state index contributed by atoms with van der Waals surface area (Å²) in [4.78, 5) is 16.8. The van der Waals surface area contributed by atoms with Crippen molar-refractivity contribution < 1.29 is 14.4 Å². The highest BCUT2D eigenvalue weighted by molar-refractivity contribution is 5.71. The fourth-order valence-corrected chi connectivity index (χ4v) is 1.39. The summed E-state index contributed by atoms with van der Waals surface area (Å²) < 4.78 is 5.14. The molecule has 0 atom stereocenters. The Balaban J connectivity index is 2.01. The number of carbonyl (C=O) groups is 1. The van der Waals surface area contributed by atoms with Crippen LogP contribution in [-0.4, -0.2) is 31.2 Å². The van der Waals surface area contributed by atoms with Crippen LogP contribution in [0.25, 0.3) is 0 Å². The third-order valence-corrected chi connectivity index (χ3v) is 2.29. The fraction of sp³-hybridized carbons (Fsp3) is 0.533. The van der Waals surface area contributed by atoms with Crippen molar-refractivity contribution in [2.24, 2.45) is 0 Å². The number of hydroxylamine groups is 1. The molecule has 112 valence electrons. The molecule has 0 heterocycles. The van der Waals surface area contributed by atoms with E-state index in [1.54, 1.807) is 0 Å². The van der Waals surface area contributed by atoms with Crippen molar-refractivity contribution in [3.05, 3.63) is 35.9 Å². The third-order valence-electron chi connectivity index (χ3n) is 2.29. The summed E-state index contributed by atoms with van der Waals surface area (Å²) in [6, 6.07) is 9.62. The van der Waals surface area contributed by atoms with E-state index in [-0.39, 0.29) is 18.1 Å². The lowest BCUT2D eigenvalue weighted by Crippen LogP contribution is -2.35. The van der Waals surface area contributed by atoms with Crippen LogP contribution in [0.1, 0.15) is 26.3 Å². The number of ether oxygens (including phenoxy) is 1. The number of hydrogen-bond donors (Lipinski definition) is 2. The molecule has 0 aromatic heterocycles. The smallest absolute Gasteiger partial charge is 0.320 e. The molecule has 0 fully saturated rings. The summed E-state index contributed by atoms with van der Waals surface area (Å²) in [6.07, 6.45) is 0. The lowest BCUT2D eigenvalue weighted by atomic mass is 10.2. The standard InChI is InChI=1S/C15H24N2O3/c1-15(2,3)20-17-10-9-16-11-14(18)19-12-13-7-5-4-6-8-13/h4-8,16-17H,9-12H2,1-3H3. The molecular weight excluding hydrogens is 256 g/mol. The molecule has 0 aliphatic carbocycles. The first-order valence-corrected chi connectivity index (χ1v) is 6.78. The minimum atomic E-state index is -0.259. The van der Waals surface area contributed by atoms with Crippen molar-refractivity contribution in [3.63, 3.8) is 0 Å². The van der Waals surface area contributed by atoms with Crippen LogP contribution in [-0.2, 0) is 21.0 Å². The van der Waals surface area contributed by atoms with Gasteiger partial charge in [0.1, 0.15) is 6.61 Å². The maximum absolute atomic E-state index is 11.5. The van der Waals surface area contributed by atoms with Gasteiger partial charge in [-0.15, -0.1) is 0 Å². The van der Waals surface area contributed by atoms with Gasteiger partial charge in [0.15, 0.2) is 0 Å². The van der Waals surface area contributed by atoms with Gasteiger partial charge in [0.2, 0.25) is 0 Å². The molecule has 1 rings (SSSR count). The van der Waals surface area contributed by atoms with E-state index in [1.807, 2.05) is 51.1 Å². The number of rotatable bonds is 8. The van der Waals surface area contributed by atoms with Gasteiger partial charge in [-0.05, 0) is 26.3 Å². The third kappa shape index (κ3) is 8.63. The van der Waals surface area contributed by atoms with Crippen LogP contribution in [0.15, 0.2) is 30.3 Å². The molecule has 0 bridgehead atoms. The van der Waals surface area contributed by atoms with Crippen LogP contribution >= 0.6 is 0 Å². The first kappa shape index (κ1) is 16.6. The maximum Gasteiger partial charge on any atom is 0.320 e. The first-order chi connectivity index (χ1) is 9.47. The summed E-state index contributed by atoms with van der Waals surface area (Å²) in [6.45, 7) is 7.67. The van der Waals surface area contributed by atoms with Gasteiger partial charge in [-0.3, -0.25) is 9.63 Å². The van der Waals surface area contributed by atoms with Crippen molar-refractivity contribution >= 4 is 5.97 Å². The summed E-state index contributed by atoms with van der Waals surface area (Å²) in [5.41, 5.74) is 3.62. The quantitative estimate of drug-likeness (QED) is 0.431. The van der Waals surface area contributed by atoms with E-state index in [9.17, 15) is 4.79 Å². The zero-order chi connectivity index (χ0) is 14.8. The lowest BCUT2D eigenvalue weighted by Gasteiger charge is -2.19. The van der Waals surface area contributed by atoms with E-state index in [1.165, 1.54) is 0 Å². The van der Waals surface area contributed by atoms with Crippen molar-refractivity contribution in [1.29, 1.82) is 0 Å². The van der Waals surface area contributed by atoms with E-state index in [0.717, 1.165) is 5.56 Å². The van der Waals surface area contributed by atoms with Gasteiger partial charge in [-0.1, -0.05) is 30.3 Å². The molecule has 1 aromatic rings. The van der Waals surface area contributed by atoms with E-state index in [0.29, 0.717) is 19.7 Å². The zero-order valence-electron chi connectivity index (χ0n) is 12.4. The predicted molar refractivity (Wildman–Crippen MR) is 77.9 cm³/mol. The highest BCUT2D eigenvalue weighted by Crippen LogP contribution is 2.02. The summed E-state index contributed by atoms with van der Waals surface area (Å²) in [5.74, 6) is -0.259. The molecule has 5 heteroatoms. The number of esters is 1. The second kappa shape index (κ2) is 8.68. The maximum atomic E-state index is 11.5. The molecule has 0 aliphatic heterocycles. The van der Waals surface area contributed by atoms with Gasteiger partial charge in [0.25, 0.3) is 0 Å². The minimum Gasteiger partial charge on any atom is -0.460 e. The van der Waals surface area contributed by atoms with Gasteiger partial charge >= 0.3 is 5.97 Å². The molecule has 0 aliphatic rings. The molecule has 20 heavy (non-hydrogen) atoms. The van der Waals surface area contributed by atoms with Crippen LogP contribution in [0.3, 0.4) is 0 Å². The molecule has 0 spiro atoms. The molecule has 5 nitrogen and oxygen atoms in total. The molecular formula is C15H24N2O3. The van der Waals surface area contributed by atoms with Crippen LogP contribution in [0.5, 0.6) is 0 Å². The first-order valence-electron chi connectivity index (χ1n) is 6.78. The zero-order valence-corrected chi connectivity index (χ0v) is 12.4. The largest absolute Gasteiger partial charge is 0.460 e. The Morgan fingerprint density at radius 2 is 1.85 bits per heavy atom. The van der Waals surface area contributed by atoms with Gasteiger partial charge in [-0.25, -0.2) is 5.48 Å². The van der Waals surface area contributed by atoms with E-state index < -0.39 is 0 Å². The summed E-state index contributed by atoms with van der Waals surface area (Å²) in [7, 11) is 0. The predicted octanol–water partition coefficient (Wildman–Crippen LogP) is 1.64. The lowest BCUT2D eigenvalue weighted by molar-refractivity contribution is -0.143. The Bertz CT molecular complexity index is 388. The normalized spacial score (nSPS) is 11.3. The second-order valence-corrected chi connectivity index (χ2v) is 5.43. The van der Waals surface area contributed by atoms with Crippen molar-refractivity contribution in [2.45, 2.75) is 33.0 Å². The average molecular weight is 280 g/mol. The Labute approximate surface area is 120 Å². The molecule has 0 saturated heterocycles. The van der Waals surface area contributed by atoms with Gasteiger partial charge in [-0.2, -0.15) is 0 Å². The highest BCUT2D eigenvalue weighted by atomic mass is 16.7. The van der Waals surface area contributed by atoms with Gasteiger partial charge < -0.3 is 10.1 Å². The Kier molecular flexibility index (Phi) is 7.22. The molecule has 0 amide bonds. The summed E-state index contributed by atoms with van der Waals surface area (Å²) >= 11 is 0. The molecule has 0 saturated carbocycles. The number of nitrogens with one attached hydrogen (secondary N) is 2. The second-order valence-electron chi connectivity index (χ2n) is 5.43. The Hall–Kier alpha value is -1.43. The highest BCUT2D eigenvalue weighted by Gasteiger charge is 2.09. The van der Waals surface area contributed by atoms with Crippen LogP contribution in [0, 0.1) is 0 Å². The van der Waals surface area contributed by atoms with Crippen molar-refractivity contribution in [3.8, 4) is 0 Å². The van der Waals surface area contributed by atoms with Crippen molar-refractivity contribution in [1.82, 2.24) is 10.8 Å². The fourth-order valence-electron chi connectivity index (χ4n) is 1.39. The number of benzene rings is 1. The molecule has 2 N–H and O–H groups in total. The van der Waals surface area contributed by atoms with E-state index in [2.05, 4.69) is 10.8 Å². The van der Waals surface area contributed by atoms with Crippen molar-refractivity contribution in [2.75, 3.05) is 19.6 Å². The molecule has 0 radical (unpaired) electrons. The minimum absolute atomic E-state index is 0.198. The molecule has 0 unspecified atom stereocenters. The summed E-state index contributed by atoms with van der Waals surface area (Å²) in [5, 5.41) is 2.99. The van der Waals surface area contributed by atoms with Crippen LogP contribution < -0.4 is 10.8 Å². The number of hydrogen-bond acceptors (Lipinski definition) is 5. The number of carbonyl (C=O) groups excluding carboxylic acids is 1. The van der Waals surface area contributed by atoms with E-state index >= 15 is 0 Å². The average Bonchev–Trinajstić information content (AvgIpc) is 2.40. The van der Waals surface area contributed by atoms with Crippen LogP contribution in [0.4, 0.5) is 0 Å². The van der Waals surface area contributed by atoms with E-state index in [4.69, 9.17) is 9.57 Å². The van der Waals surface area contributed by atoms with Crippen LogP contribution in [0.2, 0.25) is 0 Å².